The maximum Gasteiger partial charge on any atom is 0.306 e. The Morgan fingerprint density at radius 2 is 0.412 bits per heavy atom. The fourth-order valence-corrected chi connectivity index (χ4v) is 11.5. The van der Waals surface area contributed by atoms with Crippen LogP contribution in [0.3, 0.4) is 0 Å². The molecule has 0 radical (unpaired) electrons. The van der Waals surface area contributed by atoms with Crippen LogP contribution in [0.25, 0.3) is 0 Å². The van der Waals surface area contributed by atoms with Crippen LogP contribution >= 0.6 is 0 Å². The minimum absolute atomic E-state index is 0.0635. The highest BCUT2D eigenvalue weighted by Gasteiger charge is 2.20. The van der Waals surface area contributed by atoms with Gasteiger partial charge in [-0.25, -0.2) is 0 Å². The Labute approximate surface area is 501 Å². The zero-order chi connectivity index (χ0) is 57.8. The molecule has 1 atom stereocenters. The van der Waals surface area contributed by atoms with Crippen molar-refractivity contribution < 1.29 is 28.6 Å². The largest absolute Gasteiger partial charge is 0.462 e. The van der Waals surface area contributed by atoms with Gasteiger partial charge >= 0.3 is 17.9 Å². The highest BCUT2D eigenvalue weighted by atomic mass is 16.6. The third-order valence-electron chi connectivity index (χ3n) is 17.0. The van der Waals surface area contributed by atoms with E-state index in [0.717, 1.165) is 57.8 Å². The lowest BCUT2D eigenvalue weighted by molar-refractivity contribution is -0.167. The number of ether oxygens (including phenoxy) is 3. The van der Waals surface area contributed by atoms with Gasteiger partial charge < -0.3 is 14.2 Å². The summed E-state index contributed by atoms with van der Waals surface area (Å²) < 4.78 is 17.0. The van der Waals surface area contributed by atoms with Crippen LogP contribution in [0.5, 0.6) is 0 Å². The molecule has 0 aromatic rings. The average molecular weight is 1130 g/mol. The third kappa shape index (κ3) is 66.9. The van der Waals surface area contributed by atoms with Crippen LogP contribution in [0.2, 0.25) is 0 Å². The van der Waals surface area contributed by atoms with E-state index in [9.17, 15) is 14.4 Å². The van der Waals surface area contributed by atoms with Crippen LogP contribution in [0.1, 0.15) is 425 Å². The van der Waals surface area contributed by atoms with Gasteiger partial charge in [-0.1, -0.05) is 373 Å². The van der Waals surface area contributed by atoms with Crippen LogP contribution in [-0.2, 0) is 28.6 Å². The van der Waals surface area contributed by atoms with E-state index < -0.39 is 6.10 Å². The molecular formula is C74H142O6. The van der Waals surface area contributed by atoms with E-state index in [1.807, 2.05) is 0 Å². The highest BCUT2D eigenvalue weighted by molar-refractivity contribution is 5.71. The molecule has 0 aliphatic rings. The molecular weight excluding hydrogens is 985 g/mol. The predicted molar refractivity (Wildman–Crippen MR) is 349 cm³/mol. The quantitative estimate of drug-likeness (QED) is 0.0261. The normalized spacial score (nSPS) is 12.0. The number of allylic oxidation sites excluding steroid dienone is 2. The molecule has 1 unspecified atom stereocenters. The van der Waals surface area contributed by atoms with Crippen LogP contribution < -0.4 is 0 Å². The molecule has 0 aliphatic carbocycles. The number of carbonyl (C=O) groups is 3. The standard InChI is InChI=1S/C74H142O6/c1-4-7-10-13-16-19-22-25-28-31-33-35-36-37-39-40-43-46-49-52-55-58-61-64-67-73(76)79-70-71(69-78-72(75)66-63-60-57-54-51-48-45-42-30-27-24-21-18-15-12-9-6-3)80-74(77)68-65-62-59-56-53-50-47-44-41-38-34-32-29-26-23-20-17-14-11-8-5-2/h32,34,71H,4-31,33,35-70H2,1-3H3/b34-32-. The second-order valence-electron chi connectivity index (χ2n) is 25.2. The highest BCUT2D eigenvalue weighted by Crippen LogP contribution is 2.19. The van der Waals surface area contributed by atoms with Gasteiger partial charge in [0.2, 0.25) is 0 Å². The summed E-state index contributed by atoms with van der Waals surface area (Å²) in [6, 6.07) is 0. The molecule has 0 amide bonds. The summed E-state index contributed by atoms with van der Waals surface area (Å²) in [5, 5.41) is 0. The van der Waals surface area contributed by atoms with E-state index in [2.05, 4.69) is 32.9 Å². The van der Waals surface area contributed by atoms with E-state index in [-0.39, 0.29) is 31.1 Å². The average Bonchev–Trinajstić information content (AvgIpc) is 3.46. The lowest BCUT2D eigenvalue weighted by Crippen LogP contribution is -2.30. The maximum absolute atomic E-state index is 13.0. The van der Waals surface area contributed by atoms with Gasteiger partial charge in [-0.05, 0) is 44.9 Å². The lowest BCUT2D eigenvalue weighted by atomic mass is 10.0. The molecule has 0 aromatic carbocycles. The molecule has 0 rings (SSSR count). The Kier molecular flexibility index (Phi) is 68.0. The molecule has 0 saturated carbocycles. The first kappa shape index (κ1) is 78.1. The van der Waals surface area contributed by atoms with Crippen molar-refractivity contribution in [2.75, 3.05) is 13.2 Å². The Balaban J connectivity index is 4.26. The zero-order valence-electron chi connectivity index (χ0n) is 54.6. The Bertz CT molecular complexity index is 1250. The topological polar surface area (TPSA) is 78.9 Å². The summed E-state index contributed by atoms with van der Waals surface area (Å²) in [4.78, 5) is 38.5. The maximum atomic E-state index is 13.0. The Morgan fingerprint density at radius 3 is 0.625 bits per heavy atom. The molecule has 0 N–H and O–H groups in total. The summed E-state index contributed by atoms with van der Waals surface area (Å²) >= 11 is 0. The molecule has 0 bridgehead atoms. The summed E-state index contributed by atoms with van der Waals surface area (Å²) in [5.41, 5.74) is 0. The van der Waals surface area contributed by atoms with Crippen molar-refractivity contribution in [3.63, 3.8) is 0 Å². The fraction of sp³-hybridized carbons (Fsp3) is 0.932. The van der Waals surface area contributed by atoms with Gasteiger partial charge in [-0.3, -0.25) is 14.4 Å². The van der Waals surface area contributed by atoms with Crippen molar-refractivity contribution >= 4 is 17.9 Å². The monoisotopic (exact) mass is 1130 g/mol. The first-order valence-electron chi connectivity index (χ1n) is 36.7. The predicted octanol–water partition coefficient (Wildman–Crippen LogP) is 25.2. The van der Waals surface area contributed by atoms with Crippen molar-refractivity contribution in [3.8, 4) is 0 Å². The number of unbranched alkanes of at least 4 members (excludes halogenated alkanes) is 56. The van der Waals surface area contributed by atoms with Gasteiger partial charge in [0.25, 0.3) is 0 Å². The molecule has 0 saturated heterocycles. The van der Waals surface area contributed by atoms with Gasteiger partial charge in [-0.2, -0.15) is 0 Å². The van der Waals surface area contributed by atoms with Gasteiger partial charge in [0, 0.05) is 19.3 Å². The molecule has 0 heterocycles. The summed E-state index contributed by atoms with van der Waals surface area (Å²) in [5.74, 6) is -0.826. The minimum atomic E-state index is -0.768. The van der Waals surface area contributed by atoms with E-state index >= 15 is 0 Å². The van der Waals surface area contributed by atoms with Gasteiger partial charge in [0.05, 0.1) is 0 Å². The first-order valence-corrected chi connectivity index (χ1v) is 36.7. The molecule has 0 fully saturated rings. The lowest BCUT2D eigenvalue weighted by Gasteiger charge is -2.18. The number of hydrogen-bond acceptors (Lipinski definition) is 6. The zero-order valence-corrected chi connectivity index (χ0v) is 54.6. The third-order valence-corrected chi connectivity index (χ3v) is 17.0. The van der Waals surface area contributed by atoms with Gasteiger partial charge in [-0.15, -0.1) is 0 Å². The van der Waals surface area contributed by atoms with Gasteiger partial charge in [0.1, 0.15) is 13.2 Å². The number of carbonyl (C=O) groups excluding carboxylic acids is 3. The van der Waals surface area contributed by atoms with E-state index in [4.69, 9.17) is 14.2 Å². The van der Waals surface area contributed by atoms with Crippen LogP contribution in [-0.4, -0.2) is 37.2 Å². The van der Waals surface area contributed by atoms with Crippen molar-refractivity contribution in [1.29, 1.82) is 0 Å². The second-order valence-corrected chi connectivity index (χ2v) is 25.2. The number of hydrogen-bond donors (Lipinski definition) is 0. The smallest absolute Gasteiger partial charge is 0.306 e. The molecule has 0 aliphatic heterocycles. The SMILES string of the molecule is CCCCCCCCCC/C=C\CCCCCCCCCCCC(=O)OC(COC(=O)CCCCCCCCCCCCCCCCCCC)COC(=O)CCCCCCCCCCCCCCCCCCCCCCCCCC. The Hall–Kier alpha value is -1.85. The van der Waals surface area contributed by atoms with Crippen molar-refractivity contribution in [3.05, 3.63) is 12.2 Å². The second kappa shape index (κ2) is 69.6. The molecule has 474 valence electrons. The van der Waals surface area contributed by atoms with Crippen LogP contribution in [0, 0.1) is 0 Å². The molecule has 0 spiro atoms. The Morgan fingerprint density at radius 1 is 0.237 bits per heavy atom. The first-order chi connectivity index (χ1) is 39.5. The summed E-state index contributed by atoms with van der Waals surface area (Å²) in [6.45, 7) is 6.74. The summed E-state index contributed by atoms with van der Waals surface area (Å²) in [6.07, 6.45) is 83.9. The number of rotatable bonds is 69. The minimum Gasteiger partial charge on any atom is -0.462 e. The van der Waals surface area contributed by atoms with Gasteiger partial charge in [0.15, 0.2) is 6.10 Å². The van der Waals surface area contributed by atoms with Crippen LogP contribution in [0.4, 0.5) is 0 Å². The van der Waals surface area contributed by atoms with E-state index in [1.165, 1.54) is 327 Å². The number of esters is 3. The molecule has 80 heavy (non-hydrogen) atoms. The fourth-order valence-electron chi connectivity index (χ4n) is 11.5. The summed E-state index contributed by atoms with van der Waals surface area (Å²) in [7, 11) is 0. The molecule has 6 heteroatoms. The van der Waals surface area contributed by atoms with Crippen LogP contribution in [0.15, 0.2) is 12.2 Å². The molecule has 6 nitrogen and oxygen atoms in total. The van der Waals surface area contributed by atoms with Crippen molar-refractivity contribution in [1.82, 2.24) is 0 Å². The van der Waals surface area contributed by atoms with E-state index in [1.54, 1.807) is 0 Å². The van der Waals surface area contributed by atoms with Crippen molar-refractivity contribution in [2.24, 2.45) is 0 Å². The van der Waals surface area contributed by atoms with Crippen molar-refractivity contribution in [2.45, 2.75) is 431 Å². The van der Waals surface area contributed by atoms with E-state index in [0.29, 0.717) is 19.3 Å². The molecule has 0 aromatic heterocycles.